The SMILES string of the molecule is CCCC(=O)N1CCCC(COc2cccc3c2C(N)=NS(=O)(=O)C3)C1. The van der Waals surface area contributed by atoms with E-state index in [4.69, 9.17) is 10.5 Å². The van der Waals surface area contributed by atoms with Crippen molar-refractivity contribution in [3.8, 4) is 5.75 Å². The number of carbonyl (C=O) groups is 1. The minimum Gasteiger partial charge on any atom is -0.492 e. The summed E-state index contributed by atoms with van der Waals surface area (Å²) in [5, 5.41) is 0. The molecule has 1 aromatic rings. The summed E-state index contributed by atoms with van der Waals surface area (Å²) < 4.78 is 33.1. The Bertz CT molecular complexity index is 820. The lowest BCUT2D eigenvalue weighted by molar-refractivity contribution is -0.133. The molecule has 2 heterocycles. The molecule has 1 amide bonds. The van der Waals surface area contributed by atoms with Crippen LogP contribution in [0.25, 0.3) is 0 Å². The summed E-state index contributed by atoms with van der Waals surface area (Å²) in [5.74, 6) is 0.825. The zero-order chi connectivity index (χ0) is 18.7. The third kappa shape index (κ3) is 4.17. The molecule has 7 nitrogen and oxygen atoms in total. The van der Waals surface area contributed by atoms with E-state index >= 15 is 0 Å². The maximum atomic E-state index is 12.1. The average Bonchev–Trinajstić information content (AvgIpc) is 2.59. The molecule has 0 saturated carbocycles. The summed E-state index contributed by atoms with van der Waals surface area (Å²) in [4.78, 5) is 14.0. The van der Waals surface area contributed by atoms with Crippen molar-refractivity contribution in [3.63, 3.8) is 0 Å². The van der Waals surface area contributed by atoms with Crippen molar-refractivity contribution in [2.45, 2.75) is 38.4 Å². The van der Waals surface area contributed by atoms with Gasteiger partial charge in [-0.15, -0.1) is 4.40 Å². The number of benzene rings is 1. The number of ether oxygens (including phenoxy) is 1. The number of amidine groups is 1. The highest BCUT2D eigenvalue weighted by molar-refractivity contribution is 7.89. The van der Waals surface area contributed by atoms with Crippen LogP contribution in [-0.2, 0) is 20.6 Å². The molecule has 1 saturated heterocycles. The van der Waals surface area contributed by atoms with Gasteiger partial charge in [0.2, 0.25) is 5.91 Å². The van der Waals surface area contributed by atoms with Gasteiger partial charge >= 0.3 is 0 Å². The molecule has 8 heteroatoms. The Labute approximate surface area is 154 Å². The monoisotopic (exact) mass is 379 g/mol. The third-order valence-electron chi connectivity index (χ3n) is 4.75. The molecule has 2 aliphatic heterocycles. The summed E-state index contributed by atoms with van der Waals surface area (Å²) in [6.45, 7) is 3.98. The lowest BCUT2D eigenvalue weighted by Gasteiger charge is -2.33. The number of nitrogens with zero attached hydrogens (tertiary/aromatic N) is 2. The van der Waals surface area contributed by atoms with E-state index in [9.17, 15) is 13.2 Å². The van der Waals surface area contributed by atoms with Crippen molar-refractivity contribution in [1.29, 1.82) is 0 Å². The Morgan fingerprint density at radius 3 is 3.00 bits per heavy atom. The molecule has 3 rings (SSSR count). The van der Waals surface area contributed by atoms with Gasteiger partial charge in [0.15, 0.2) is 0 Å². The number of hydrogen-bond acceptors (Lipinski definition) is 5. The van der Waals surface area contributed by atoms with Gasteiger partial charge in [0, 0.05) is 25.4 Å². The van der Waals surface area contributed by atoms with Crippen molar-refractivity contribution in [1.82, 2.24) is 4.90 Å². The number of nitrogens with two attached hydrogens (primary N) is 1. The fourth-order valence-electron chi connectivity index (χ4n) is 3.54. The van der Waals surface area contributed by atoms with E-state index in [0.29, 0.717) is 36.4 Å². The molecule has 142 valence electrons. The van der Waals surface area contributed by atoms with Crippen LogP contribution in [0.2, 0.25) is 0 Å². The van der Waals surface area contributed by atoms with Crippen LogP contribution >= 0.6 is 0 Å². The second-order valence-corrected chi connectivity index (χ2v) is 8.54. The van der Waals surface area contributed by atoms with E-state index in [1.165, 1.54) is 0 Å². The molecule has 1 unspecified atom stereocenters. The normalized spacial score (nSPS) is 21.7. The van der Waals surface area contributed by atoms with Gasteiger partial charge in [-0.2, -0.15) is 0 Å². The van der Waals surface area contributed by atoms with E-state index in [1.807, 2.05) is 11.8 Å². The second kappa shape index (κ2) is 7.65. The smallest absolute Gasteiger partial charge is 0.259 e. The van der Waals surface area contributed by atoms with Crippen LogP contribution in [0, 0.1) is 5.92 Å². The number of piperidine rings is 1. The highest BCUT2D eigenvalue weighted by atomic mass is 32.2. The highest BCUT2D eigenvalue weighted by Gasteiger charge is 2.27. The number of likely N-dealkylation sites (tertiary alicyclic amines) is 1. The van der Waals surface area contributed by atoms with Gasteiger partial charge in [0.1, 0.15) is 11.6 Å². The molecule has 1 fully saturated rings. The fourth-order valence-corrected chi connectivity index (χ4v) is 4.63. The number of fused-ring (bicyclic) bond motifs is 1. The van der Waals surface area contributed by atoms with E-state index in [0.717, 1.165) is 25.8 Å². The molecular weight excluding hydrogens is 354 g/mol. The van der Waals surface area contributed by atoms with Crippen molar-refractivity contribution < 1.29 is 17.9 Å². The van der Waals surface area contributed by atoms with E-state index < -0.39 is 10.0 Å². The maximum absolute atomic E-state index is 12.1. The third-order valence-corrected chi connectivity index (χ3v) is 5.90. The Morgan fingerprint density at radius 1 is 1.42 bits per heavy atom. The van der Waals surface area contributed by atoms with Crippen LogP contribution < -0.4 is 10.5 Å². The number of hydrogen-bond donors (Lipinski definition) is 1. The standard InChI is InChI=1S/C18H25N3O4S/c1-2-5-16(22)21-9-4-6-13(10-21)11-25-15-8-3-7-14-12-26(23,24)20-18(19)17(14)15/h3,7-8,13H,2,4-6,9-12H2,1H3,(H2,19,20). The summed E-state index contributed by atoms with van der Waals surface area (Å²) in [7, 11) is -3.56. The molecular formula is C18H25N3O4S. The molecule has 2 aliphatic rings. The predicted molar refractivity (Wildman–Crippen MR) is 99.5 cm³/mol. The fraction of sp³-hybridized carbons (Fsp3) is 0.556. The van der Waals surface area contributed by atoms with E-state index in [-0.39, 0.29) is 23.4 Å². The largest absolute Gasteiger partial charge is 0.492 e. The molecule has 2 N–H and O–H groups in total. The average molecular weight is 379 g/mol. The van der Waals surface area contributed by atoms with Crippen LogP contribution in [0.5, 0.6) is 5.75 Å². The first-order valence-electron chi connectivity index (χ1n) is 9.00. The van der Waals surface area contributed by atoms with Gasteiger partial charge in [0.25, 0.3) is 10.0 Å². The van der Waals surface area contributed by atoms with Gasteiger partial charge in [0.05, 0.1) is 17.9 Å². The lowest BCUT2D eigenvalue weighted by atomic mass is 9.98. The number of rotatable bonds is 5. The summed E-state index contributed by atoms with van der Waals surface area (Å²) in [6.07, 6.45) is 3.41. The van der Waals surface area contributed by atoms with Crippen molar-refractivity contribution in [3.05, 3.63) is 29.3 Å². The van der Waals surface area contributed by atoms with Gasteiger partial charge in [-0.05, 0) is 30.9 Å². The zero-order valence-electron chi connectivity index (χ0n) is 15.0. The van der Waals surface area contributed by atoms with Crippen LogP contribution in [-0.4, -0.2) is 44.8 Å². The van der Waals surface area contributed by atoms with E-state index in [1.54, 1.807) is 18.2 Å². The summed E-state index contributed by atoms with van der Waals surface area (Å²) in [5.41, 5.74) is 7.04. The zero-order valence-corrected chi connectivity index (χ0v) is 15.8. The number of amides is 1. The molecule has 0 aromatic heterocycles. The van der Waals surface area contributed by atoms with Crippen molar-refractivity contribution in [2.24, 2.45) is 16.0 Å². The van der Waals surface area contributed by atoms with Crippen LogP contribution in [0.4, 0.5) is 0 Å². The van der Waals surface area contributed by atoms with E-state index in [2.05, 4.69) is 4.40 Å². The molecule has 1 atom stereocenters. The molecule has 0 bridgehead atoms. The Hall–Kier alpha value is -2.09. The molecule has 1 aromatic carbocycles. The minimum absolute atomic E-state index is 0.0229. The topological polar surface area (TPSA) is 102 Å². The Morgan fingerprint density at radius 2 is 2.23 bits per heavy atom. The van der Waals surface area contributed by atoms with Crippen LogP contribution in [0.15, 0.2) is 22.6 Å². The number of carbonyl (C=O) groups excluding carboxylic acids is 1. The van der Waals surface area contributed by atoms with Gasteiger partial charge in [-0.25, -0.2) is 8.42 Å². The first-order valence-corrected chi connectivity index (χ1v) is 10.6. The van der Waals surface area contributed by atoms with Crippen LogP contribution in [0.3, 0.4) is 0 Å². The summed E-state index contributed by atoms with van der Waals surface area (Å²) >= 11 is 0. The van der Waals surface area contributed by atoms with Gasteiger partial charge < -0.3 is 15.4 Å². The molecule has 0 spiro atoms. The summed E-state index contributed by atoms with van der Waals surface area (Å²) in [6, 6.07) is 5.27. The lowest BCUT2D eigenvalue weighted by Crippen LogP contribution is -2.41. The quantitative estimate of drug-likeness (QED) is 0.838. The van der Waals surface area contributed by atoms with Gasteiger partial charge in [-0.3, -0.25) is 4.79 Å². The Kier molecular flexibility index (Phi) is 5.50. The van der Waals surface area contributed by atoms with Crippen molar-refractivity contribution in [2.75, 3.05) is 19.7 Å². The first-order chi connectivity index (χ1) is 12.4. The first kappa shape index (κ1) is 18.7. The van der Waals surface area contributed by atoms with Gasteiger partial charge in [-0.1, -0.05) is 19.1 Å². The highest BCUT2D eigenvalue weighted by Crippen LogP contribution is 2.29. The van der Waals surface area contributed by atoms with Crippen molar-refractivity contribution >= 4 is 21.8 Å². The Balaban J connectivity index is 1.69. The molecule has 0 aliphatic carbocycles. The molecule has 0 radical (unpaired) electrons. The predicted octanol–water partition coefficient (Wildman–Crippen LogP) is 1.65. The van der Waals surface area contributed by atoms with Crippen LogP contribution in [0.1, 0.15) is 43.7 Å². The second-order valence-electron chi connectivity index (χ2n) is 6.90. The maximum Gasteiger partial charge on any atom is 0.259 e. The molecule has 26 heavy (non-hydrogen) atoms. The minimum atomic E-state index is -3.56. The number of sulfonamides is 1.